The summed E-state index contributed by atoms with van der Waals surface area (Å²) in [5.41, 5.74) is 0.790. The first-order valence-corrected chi connectivity index (χ1v) is 10.3. The van der Waals surface area contributed by atoms with Crippen molar-refractivity contribution in [2.24, 2.45) is 29.6 Å². The summed E-state index contributed by atoms with van der Waals surface area (Å²) in [4.78, 5) is 24.1. The summed E-state index contributed by atoms with van der Waals surface area (Å²) in [6, 6.07) is 0. The number of aliphatic carboxylic acids is 1. The fraction of sp³-hybridized carbons (Fsp3) is 0.750. The van der Waals surface area contributed by atoms with Crippen LogP contribution < -0.4 is 0 Å². The molecule has 8 atom stereocenters. The van der Waals surface area contributed by atoms with Gasteiger partial charge in [0.1, 0.15) is 6.10 Å². The fourth-order valence-electron chi connectivity index (χ4n) is 4.57. The van der Waals surface area contributed by atoms with Crippen molar-refractivity contribution in [1.29, 1.82) is 0 Å². The number of carbonyl (C=O) groups excluding carboxylic acids is 1. The summed E-state index contributed by atoms with van der Waals surface area (Å²) in [6.45, 7) is -3.50. The summed E-state index contributed by atoms with van der Waals surface area (Å²) < 4.78 is 75.6. The minimum absolute atomic E-state index is 0.0879. The van der Waals surface area contributed by atoms with Gasteiger partial charge in [0.05, 0.1) is 24.5 Å². The van der Waals surface area contributed by atoms with Gasteiger partial charge in [0.2, 0.25) is 0 Å². The van der Waals surface area contributed by atoms with Crippen molar-refractivity contribution in [2.75, 3.05) is 0 Å². The van der Waals surface area contributed by atoms with Crippen molar-refractivity contribution in [2.45, 2.75) is 84.3 Å². The maximum absolute atomic E-state index is 13.3. The molecule has 0 bridgehead atoms. The summed E-state index contributed by atoms with van der Waals surface area (Å²) in [6.07, 6.45) is -1.05. The molecule has 0 amide bonds. The van der Waals surface area contributed by atoms with E-state index in [9.17, 15) is 19.8 Å². The van der Waals surface area contributed by atoms with Crippen LogP contribution in [-0.2, 0) is 14.3 Å². The van der Waals surface area contributed by atoms with Crippen LogP contribution in [0.5, 0.6) is 0 Å². The highest BCUT2D eigenvalue weighted by Gasteiger charge is 2.41. The highest BCUT2D eigenvalue weighted by atomic mass is 16.5. The molecule has 170 valence electrons. The average Bonchev–Trinajstić information content (AvgIpc) is 2.75. The lowest BCUT2D eigenvalue weighted by molar-refractivity contribution is -0.158. The molecule has 0 fully saturated rings. The Kier molecular flexibility index (Phi) is 5.33. The van der Waals surface area contributed by atoms with E-state index in [1.807, 2.05) is 32.1 Å². The van der Waals surface area contributed by atoms with Crippen LogP contribution in [0.15, 0.2) is 23.8 Å². The normalized spacial score (nSPS) is 38.1. The second kappa shape index (κ2) is 11.1. The van der Waals surface area contributed by atoms with Gasteiger partial charge >= 0.3 is 11.9 Å². The number of carboxylic acid groups (broad SMARTS) is 1. The van der Waals surface area contributed by atoms with E-state index in [-0.39, 0.29) is 37.0 Å². The molecule has 0 aromatic carbocycles. The number of hydrogen-bond acceptors (Lipinski definition) is 5. The molecule has 0 radical (unpaired) electrons. The van der Waals surface area contributed by atoms with Crippen LogP contribution in [0.1, 0.15) is 78.4 Å². The Morgan fingerprint density at radius 2 is 2.13 bits per heavy atom. The Labute approximate surface area is 192 Å². The molecule has 0 aromatic heterocycles. The van der Waals surface area contributed by atoms with Crippen molar-refractivity contribution < 1.29 is 42.0 Å². The molecule has 2 aliphatic rings. The predicted octanol–water partition coefficient (Wildman–Crippen LogP) is 3.72. The minimum atomic E-state index is -3.75. The fourth-order valence-corrected chi connectivity index (χ4v) is 4.57. The standard InChI is InChI=1S/C24H38O6/c1-5-15(3)24(29)30-21-11-14(2)10-17-7-6-16(4)20(23(17)21)9-8-18(25)12-19(26)13-22(27)28/h6-7,10,14-16,18-21,23,25-26H,5,8-9,11-13H2,1-4H3,(H,27,28)/t14-,15-,16-,18+,19+,20-,21-,23-/m0/s1/i1D3,3D3,5D2,15D. The molecule has 6 heteroatoms. The van der Waals surface area contributed by atoms with Crippen LogP contribution in [0.3, 0.4) is 0 Å². The smallest absolute Gasteiger partial charge is 0.308 e. The number of ether oxygens (including phenoxy) is 1. The molecule has 0 saturated heterocycles. The van der Waals surface area contributed by atoms with E-state index in [1.165, 1.54) is 0 Å². The topological polar surface area (TPSA) is 104 Å². The number of esters is 1. The molecule has 0 saturated carbocycles. The van der Waals surface area contributed by atoms with Gasteiger partial charge in [0, 0.05) is 18.3 Å². The quantitative estimate of drug-likeness (QED) is 0.456. The molecule has 0 unspecified atom stereocenters. The number of rotatable bonds is 10. The Bertz CT molecular complexity index is 961. The van der Waals surface area contributed by atoms with Gasteiger partial charge in [0.25, 0.3) is 0 Å². The molecule has 2 rings (SSSR count). The lowest BCUT2D eigenvalue weighted by Gasteiger charge is -2.43. The highest BCUT2D eigenvalue weighted by Crippen LogP contribution is 2.45. The lowest BCUT2D eigenvalue weighted by Crippen LogP contribution is -2.41. The first kappa shape index (κ1) is 14.4. The number of aliphatic hydroxyl groups is 2. The largest absolute Gasteiger partial charge is 0.481 e. The summed E-state index contributed by atoms with van der Waals surface area (Å²) in [5, 5.41) is 29.1. The predicted molar refractivity (Wildman–Crippen MR) is 115 cm³/mol. The van der Waals surface area contributed by atoms with Crippen LogP contribution in [0.25, 0.3) is 0 Å². The van der Waals surface area contributed by atoms with Crippen molar-refractivity contribution in [1.82, 2.24) is 0 Å². The molecule has 30 heavy (non-hydrogen) atoms. The maximum atomic E-state index is 13.3. The van der Waals surface area contributed by atoms with Crippen LogP contribution in [-0.4, -0.2) is 45.6 Å². The lowest BCUT2D eigenvalue weighted by atomic mass is 9.65. The zero-order valence-electron chi connectivity index (χ0n) is 26.4. The van der Waals surface area contributed by atoms with Crippen molar-refractivity contribution >= 4 is 11.9 Å². The average molecular weight is 432 g/mol. The molecule has 0 heterocycles. The van der Waals surface area contributed by atoms with E-state index in [2.05, 4.69) is 0 Å². The Hall–Kier alpha value is -1.66. The summed E-state index contributed by atoms with van der Waals surface area (Å²) >= 11 is 0. The van der Waals surface area contributed by atoms with Gasteiger partial charge in [0.15, 0.2) is 0 Å². The van der Waals surface area contributed by atoms with Gasteiger partial charge in [-0.3, -0.25) is 9.59 Å². The van der Waals surface area contributed by atoms with E-state index >= 15 is 0 Å². The van der Waals surface area contributed by atoms with Gasteiger partial charge < -0.3 is 20.1 Å². The van der Waals surface area contributed by atoms with Gasteiger partial charge in [-0.05, 0) is 55.4 Å². The highest BCUT2D eigenvalue weighted by molar-refractivity contribution is 5.72. The number of fused-ring (bicyclic) bond motifs is 1. The first-order chi connectivity index (χ1) is 17.6. The van der Waals surface area contributed by atoms with Crippen molar-refractivity contribution in [3.05, 3.63) is 23.8 Å². The van der Waals surface area contributed by atoms with Gasteiger partial charge in [-0.15, -0.1) is 0 Å². The molecule has 0 spiro atoms. The van der Waals surface area contributed by atoms with E-state index < -0.39 is 68.6 Å². The molecule has 2 aliphatic carbocycles. The van der Waals surface area contributed by atoms with Crippen molar-refractivity contribution in [3.8, 4) is 0 Å². The summed E-state index contributed by atoms with van der Waals surface area (Å²) in [7, 11) is 0. The van der Waals surface area contributed by atoms with Crippen molar-refractivity contribution in [3.63, 3.8) is 0 Å². The van der Waals surface area contributed by atoms with E-state index in [0.717, 1.165) is 5.57 Å². The number of carboxylic acids is 1. The third-order valence-electron chi connectivity index (χ3n) is 5.97. The number of allylic oxidation sites excluding steroid dienone is 3. The molecule has 3 N–H and O–H groups in total. The minimum Gasteiger partial charge on any atom is -0.481 e. The number of hydrogen-bond donors (Lipinski definition) is 3. The molecule has 0 aliphatic heterocycles. The monoisotopic (exact) mass is 431 g/mol. The van der Waals surface area contributed by atoms with Crippen LogP contribution >= 0.6 is 0 Å². The molecule has 0 aromatic rings. The maximum Gasteiger partial charge on any atom is 0.308 e. The number of carbonyl (C=O) groups is 2. The van der Waals surface area contributed by atoms with E-state index in [0.29, 0.717) is 6.42 Å². The second-order valence-corrected chi connectivity index (χ2v) is 8.45. The first-order valence-electron chi connectivity index (χ1n) is 14.8. The van der Waals surface area contributed by atoms with E-state index in [4.69, 9.17) is 22.2 Å². The van der Waals surface area contributed by atoms with Gasteiger partial charge in [-0.2, -0.15) is 0 Å². The zero-order valence-corrected chi connectivity index (χ0v) is 17.4. The van der Waals surface area contributed by atoms with Crippen LogP contribution in [0, 0.1) is 29.6 Å². The molecular formula is C24H38O6. The third kappa shape index (κ3) is 6.67. The molecule has 6 nitrogen and oxygen atoms in total. The second-order valence-electron chi connectivity index (χ2n) is 8.45. The molecular weight excluding hydrogens is 384 g/mol. The Balaban J connectivity index is 2.35. The SMILES string of the molecule is [2H]C([2H])([2H])C([2H])([2H])[C@@]([2H])(C(=O)O[C@H]1C[C@@H](C)C=C2C=C[C@H](C)[C@H](CC[C@@H](O)C[C@@H](O)CC(=O)O)[C@H]21)C([2H])([2H])[2H]. The number of aliphatic hydroxyl groups excluding tert-OH is 2. The van der Waals surface area contributed by atoms with Crippen LogP contribution in [0.2, 0.25) is 0 Å². The van der Waals surface area contributed by atoms with Crippen LogP contribution in [0.4, 0.5) is 0 Å². The zero-order chi connectivity index (χ0) is 30.1. The third-order valence-corrected chi connectivity index (χ3v) is 5.97. The van der Waals surface area contributed by atoms with E-state index in [1.54, 1.807) is 0 Å². The Morgan fingerprint density at radius 3 is 2.80 bits per heavy atom. The Morgan fingerprint density at radius 1 is 1.37 bits per heavy atom. The van der Waals surface area contributed by atoms with Gasteiger partial charge in [-0.1, -0.05) is 45.8 Å². The summed E-state index contributed by atoms with van der Waals surface area (Å²) in [5.74, 6) is -7.66. The van der Waals surface area contributed by atoms with Gasteiger partial charge in [-0.25, -0.2) is 0 Å².